The Kier molecular flexibility index (Phi) is 4.55. The van der Waals surface area contributed by atoms with Crippen LogP contribution in [-0.4, -0.2) is 5.78 Å². The molecule has 6 heteroatoms. The van der Waals surface area contributed by atoms with Gasteiger partial charge in [0, 0.05) is 18.5 Å². The predicted molar refractivity (Wildman–Crippen MR) is 81.8 cm³/mol. The molecule has 1 aromatic carbocycles. The summed E-state index contributed by atoms with van der Waals surface area (Å²) in [6.07, 6.45) is 0.322. The normalized spacial score (nSPS) is 10.1. The highest BCUT2D eigenvalue weighted by Gasteiger charge is 2.19. The lowest BCUT2D eigenvalue weighted by molar-refractivity contribution is 0.0993. The summed E-state index contributed by atoms with van der Waals surface area (Å²) in [6, 6.07) is 8.37. The minimum absolute atomic E-state index is 0.104. The van der Waals surface area contributed by atoms with E-state index < -0.39 is 0 Å². The Morgan fingerprint density at radius 2 is 2.19 bits per heavy atom. The van der Waals surface area contributed by atoms with Crippen LogP contribution in [0.1, 0.15) is 34.1 Å². The van der Waals surface area contributed by atoms with E-state index in [1.807, 2.05) is 6.07 Å². The summed E-state index contributed by atoms with van der Waals surface area (Å²) in [5, 5.41) is 12.7. The third-order valence-electron chi connectivity index (χ3n) is 3.03. The first-order valence-corrected chi connectivity index (χ1v) is 7.23. The molecular formula is C15H14FN3OS. The van der Waals surface area contributed by atoms with Gasteiger partial charge < -0.3 is 11.1 Å². The van der Waals surface area contributed by atoms with Gasteiger partial charge in [0.25, 0.3) is 0 Å². The Morgan fingerprint density at radius 3 is 2.81 bits per heavy atom. The fourth-order valence-electron chi connectivity index (χ4n) is 1.86. The smallest absolute Gasteiger partial charge is 0.174 e. The number of nitrogens with two attached hydrogens (primary N) is 1. The summed E-state index contributed by atoms with van der Waals surface area (Å²) in [5.74, 6) is -0.425. The molecule has 0 aliphatic carbocycles. The van der Waals surface area contributed by atoms with Gasteiger partial charge in [0.15, 0.2) is 5.78 Å². The topological polar surface area (TPSA) is 78.9 Å². The summed E-state index contributed by atoms with van der Waals surface area (Å²) in [4.78, 5) is 12.2. The molecule has 0 bridgehead atoms. The summed E-state index contributed by atoms with van der Waals surface area (Å²) < 4.78 is 13.6. The lowest BCUT2D eigenvalue weighted by Crippen LogP contribution is -2.01. The number of carbonyl (C=O) groups is 1. The number of nitrogens with one attached hydrogen (secondary N) is 1. The van der Waals surface area contributed by atoms with Crippen molar-refractivity contribution in [3.05, 3.63) is 46.1 Å². The number of ketones is 1. The van der Waals surface area contributed by atoms with E-state index in [0.717, 1.165) is 11.3 Å². The molecule has 4 nitrogen and oxygen atoms in total. The summed E-state index contributed by atoms with van der Waals surface area (Å²) >= 11 is 1.14. The zero-order chi connectivity index (χ0) is 15.4. The van der Waals surface area contributed by atoms with E-state index in [-0.39, 0.29) is 29.4 Å². The van der Waals surface area contributed by atoms with Crippen LogP contribution < -0.4 is 11.1 Å². The van der Waals surface area contributed by atoms with E-state index in [1.165, 1.54) is 6.07 Å². The molecule has 0 unspecified atom stereocenters. The molecule has 2 rings (SSSR count). The number of hydrogen-bond donors (Lipinski definition) is 2. The number of thiophene rings is 1. The average molecular weight is 303 g/mol. The lowest BCUT2D eigenvalue weighted by atomic mass is 10.2. The first-order chi connectivity index (χ1) is 10.1. The maximum Gasteiger partial charge on any atom is 0.174 e. The maximum absolute atomic E-state index is 13.6. The number of carbonyl (C=O) groups excluding carboxylic acids is 1. The fraction of sp³-hybridized carbons (Fsp3) is 0.200. The standard InChI is InChI=1S/C15H14FN3OS/c1-2-12(20)14-13(18)10(7-17)15(21-14)19-8-9-5-3-4-6-11(9)16/h3-6,19H,2,8,18H2,1H3. The molecule has 0 saturated heterocycles. The molecule has 3 N–H and O–H groups in total. The zero-order valence-corrected chi connectivity index (χ0v) is 12.3. The number of hydrogen-bond acceptors (Lipinski definition) is 5. The highest BCUT2D eigenvalue weighted by atomic mass is 32.1. The van der Waals surface area contributed by atoms with E-state index in [9.17, 15) is 14.4 Å². The fourth-order valence-corrected chi connectivity index (χ4v) is 2.94. The molecule has 21 heavy (non-hydrogen) atoms. The molecule has 0 fully saturated rings. The van der Waals surface area contributed by atoms with Crippen molar-refractivity contribution in [2.75, 3.05) is 11.1 Å². The highest BCUT2D eigenvalue weighted by Crippen LogP contribution is 2.36. The number of anilines is 2. The number of rotatable bonds is 5. The first-order valence-electron chi connectivity index (χ1n) is 6.41. The molecule has 1 heterocycles. The van der Waals surface area contributed by atoms with Crippen LogP contribution in [0.2, 0.25) is 0 Å². The third-order valence-corrected chi connectivity index (χ3v) is 4.23. The Hall–Kier alpha value is -2.39. The van der Waals surface area contributed by atoms with E-state index in [1.54, 1.807) is 25.1 Å². The molecule has 0 amide bonds. The van der Waals surface area contributed by atoms with Crippen LogP contribution in [0, 0.1) is 17.1 Å². The number of halogens is 1. The minimum atomic E-state index is -0.321. The van der Waals surface area contributed by atoms with Crippen molar-refractivity contribution >= 4 is 27.8 Å². The highest BCUT2D eigenvalue weighted by molar-refractivity contribution is 7.19. The van der Waals surface area contributed by atoms with E-state index >= 15 is 0 Å². The van der Waals surface area contributed by atoms with Crippen molar-refractivity contribution in [1.82, 2.24) is 0 Å². The second kappa shape index (κ2) is 6.37. The third kappa shape index (κ3) is 3.03. The number of nitriles is 1. The molecule has 0 saturated carbocycles. The van der Waals surface area contributed by atoms with Gasteiger partial charge in [0.1, 0.15) is 22.5 Å². The van der Waals surface area contributed by atoms with Crippen molar-refractivity contribution in [3.8, 4) is 6.07 Å². The largest absolute Gasteiger partial charge is 0.396 e. The molecule has 108 valence electrons. The van der Waals surface area contributed by atoms with Gasteiger partial charge in [-0.2, -0.15) is 5.26 Å². The van der Waals surface area contributed by atoms with Crippen LogP contribution in [0.3, 0.4) is 0 Å². The SMILES string of the molecule is CCC(=O)c1sc(NCc2ccccc2F)c(C#N)c1N. The molecule has 0 atom stereocenters. The summed E-state index contributed by atoms with van der Waals surface area (Å²) in [6.45, 7) is 1.96. The van der Waals surface area contributed by atoms with Crippen molar-refractivity contribution < 1.29 is 9.18 Å². The second-order valence-electron chi connectivity index (χ2n) is 4.38. The van der Waals surface area contributed by atoms with Gasteiger partial charge in [-0.1, -0.05) is 25.1 Å². The molecule has 0 aliphatic heterocycles. The molecule has 0 radical (unpaired) electrons. The average Bonchev–Trinajstić information content (AvgIpc) is 2.81. The van der Waals surface area contributed by atoms with Gasteiger partial charge in [0.05, 0.1) is 10.6 Å². The predicted octanol–water partition coefficient (Wildman–Crippen LogP) is 3.55. The first kappa shape index (κ1) is 15.0. The Balaban J connectivity index is 2.27. The Bertz CT molecular complexity index is 718. The van der Waals surface area contributed by atoms with E-state index in [0.29, 0.717) is 21.9 Å². The van der Waals surface area contributed by atoms with Crippen molar-refractivity contribution in [1.29, 1.82) is 5.26 Å². The van der Waals surface area contributed by atoms with Crippen LogP contribution in [0.25, 0.3) is 0 Å². The van der Waals surface area contributed by atoms with Crippen LogP contribution in [-0.2, 0) is 6.54 Å². The van der Waals surface area contributed by atoms with Crippen molar-refractivity contribution in [2.45, 2.75) is 19.9 Å². The van der Waals surface area contributed by atoms with Gasteiger partial charge >= 0.3 is 0 Å². The van der Waals surface area contributed by atoms with Crippen molar-refractivity contribution in [2.24, 2.45) is 0 Å². The second-order valence-corrected chi connectivity index (χ2v) is 5.40. The molecular weight excluding hydrogens is 289 g/mol. The van der Waals surface area contributed by atoms with E-state index in [4.69, 9.17) is 5.73 Å². The van der Waals surface area contributed by atoms with Gasteiger partial charge in [-0.15, -0.1) is 11.3 Å². The molecule has 0 aliphatic rings. The summed E-state index contributed by atoms with van der Waals surface area (Å²) in [7, 11) is 0. The number of nitrogens with zero attached hydrogens (tertiary/aromatic N) is 1. The zero-order valence-electron chi connectivity index (χ0n) is 11.4. The number of Topliss-reactive ketones (excluding diaryl/α,β-unsaturated/α-hetero) is 1. The van der Waals surface area contributed by atoms with Crippen LogP contribution in [0.4, 0.5) is 15.1 Å². The monoisotopic (exact) mass is 303 g/mol. The number of benzene rings is 1. The Morgan fingerprint density at radius 1 is 1.48 bits per heavy atom. The van der Waals surface area contributed by atoms with Gasteiger partial charge in [-0.25, -0.2) is 4.39 Å². The lowest BCUT2D eigenvalue weighted by Gasteiger charge is -2.05. The van der Waals surface area contributed by atoms with Gasteiger partial charge in [-0.05, 0) is 6.07 Å². The van der Waals surface area contributed by atoms with Gasteiger partial charge in [-0.3, -0.25) is 4.79 Å². The Labute approximate surface area is 126 Å². The van der Waals surface area contributed by atoms with Gasteiger partial charge in [0.2, 0.25) is 0 Å². The van der Waals surface area contributed by atoms with E-state index in [2.05, 4.69) is 5.32 Å². The minimum Gasteiger partial charge on any atom is -0.396 e. The molecule has 2 aromatic rings. The van der Waals surface area contributed by atoms with Crippen molar-refractivity contribution in [3.63, 3.8) is 0 Å². The number of nitrogen functional groups attached to an aromatic ring is 1. The molecule has 1 aromatic heterocycles. The quantitative estimate of drug-likeness (QED) is 0.828. The van der Waals surface area contributed by atoms with Crippen LogP contribution in [0.5, 0.6) is 0 Å². The molecule has 0 spiro atoms. The van der Waals surface area contributed by atoms with Crippen LogP contribution in [0.15, 0.2) is 24.3 Å². The summed E-state index contributed by atoms with van der Waals surface area (Å²) in [5.41, 5.74) is 6.77. The maximum atomic E-state index is 13.6. The van der Waals surface area contributed by atoms with Crippen LogP contribution >= 0.6 is 11.3 Å².